The van der Waals surface area contributed by atoms with E-state index < -0.39 is 0 Å². The molecule has 1 aliphatic heterocycles. The molecule has 1 aromatic carbocycles. The zero-order valence-corrected chi connectivity index (χ0v) is 9.92. The molecule has 0 fully saturated rings. The van der Waals surface area contributed by atoms with E-state index in [2.05, 4.69) is 45.1 Å². The molecule has 0 radical (unpaired) electrons. The summed E-state index contributed by atoms with van der Waals surface area (Å²) in [5.74, 6) is 0.987. The Labute approximate surface area is 91.6 Å². The molecule has 0 saturated heterocycles. The molecule has 1 atom stereocenters. The first-order chi connectivity index (χ1) is 6.98. The lowest BCUT2D eigenvalue weighted by atomic mass is 9.85. The Bertz CT molecular complexity index is 365. The third-order valence-electron chi connectivity index (χ3n) is 2.73. The summed E-state index contributed by atoms with van der Waals surface area (Å²) in [6.07, 6.45) is 0.257. The van der Waals surface area contributed by atoms with Gasteiger partial charge in [0, 0.05) is 0 Å². The second-order valence-electron chi connectivity index (χ2n) is 5.24. The minimum absolute atomic E-state index is 0.155. The second-order valence-corrected chi connectivity index (χ2v) is 5.24. The van der Waals surface area contributed by atoms with Crippen molar-refractivity contribution in [3.63, 3.8) is 0 Å². The predicted molar refractivity (Wildman–Crippen MR) is 63.7 cm³/mol. The van der Waals surface area contributed by atoms with Crippen molar-refractivity contribution in [2.45, 2.75) is 39.2 Å². The van der Waals surface area contributed by atoms with E-state index in [1.54, 1.807) is 0 Å². The summed E-state index contributed by atoms with van der Waals surface area (Å²) in [6, 6.07) is 6.28. The van der Waals surface area contributed by atoms with E-state index in [1.807, 2.05) is 6.07 Å². The van der Waals surface area contributed by atoms with Crippen LogP contribution in [0.1, 0.15) is 33.3 Å². The third-order valence-corrected chi connectivity index (χ3v) is 2.73. The molecule has 0 saturated carbocycles. The van der Waals surface area contributed by atoms with Crippen molar-refractivity contribution < 1.29 is 4.74 Å². The maximum Gasteiger partial charge on any atom is 0.143 e. The van der Waals surface area contributed by atoms with Gasteiger partial charge in [0.2, 0.25) is 0 Å². The molecule has 0 spiro atoms. The number of fused-ring (bicyclic) bond motifs is 1. The lowest BCUT2D eigenvalue weighted by Crippen LogP contribution is -2.29. The van der Waals surface area contributed by atoms with Crippen molar-refractivity contribution in [3.8, 4) is 5.75 Å². The normalized spacial score (nSPS) is 20.1. The van der Waals surface area contributed by atoms with Gasteiger partial charge < -0.3 is 10.1 Å². The van der Waals surface area contributed by atoms with Crippen molar-refractivity contribution in [2.24, 2.45) is 0 Å². The van der Waals surface area contributed by atoms with E-state index >= 15 is 0 Å². The van der Waals surface area contributed by atoms with Crippen LogP contribution in [0.5, 0.6) is 5.75 Å². The fourth-order valence-electron chi connectivity index (χ4n) is 1.94. The summed E-state index contributed by atoms with van der Waals surface area (Å²) in [7, 11) is 0. The quantitative estimate of drug-likeness (QED) is 0.702. The maximum atomic E-state index is 5.81. The summed E-state index contributed by atoms with van der Waals surface area (Å²) < 4.78 is 5.81. The van der Waals surface area contributed by atoms with Crippen LogP contribution in [0.25, 0.3) is 0 Å². The van der Waals surface area contributed by atoms with E-state index in [-0.39, 0.29) is 11.5 Å². The number of hydrogen-bond donors (Lipinski definition) is 1. The average molecular weight is 205 g/mol. The third kappa shape index (κ3) is 1.94. The first-order valence-corrected chi connectivity index (χ1v) is 5.52. The molecule has 15 heavy (non-hydrogen) atoms. The highest BCUT2D eigenvalue weighted by Gasteiger charge is 2.24. The van der Waals surface area contributed by atoms with Gasteiger partial charge in [0.05, 0.1) is 12.2 Å². The zero-order chi connectivity index (χ0) is 11.1. The molecule has 82 valence electrons. The Kier molecular flexibility index (Phi) is 2.37. The number of para-hydroxylation sites is 1. The van der Waals surface area contributed by atoms with Crippen LogP contribution in [0.3, 0.4) is 0 Å². The van der Waals surface area contributed by atoms with Gasteiger partial charge in [-0.2, -0.15) is 0 Å². The first-order valence-electron chi connectivity index (χ1n) is 5.52. The maximum absolute atomic E-state index is 5.81. The number of hydrogen-bond acceptors (Lipinski definition) is 2. The van der Waals surface area contributed by atoms with Gasteiger partial charge in [0.1, 0.15) is 11.9 Å². The standard InChI is InChI=1S/C13H19NO/c1-9-8-14-12-10(13(2,3)4)6-5-7-11(12)15-9/h5-7,9,14H,8H2,1-4H3. The van der Waals surface area contributed by atoms with Crippen molar-refractivity contribution >= 4 is 5.69 Å². The van der Waals surface area contributed by atoms with E-state index in [0.29, 0.717) is 0 Å². The van der Waals surface area contributed by atoms with E-state index in [1.165, 1.54) is 11.3 Å². The Morgan fingerprint density at radius 2 is 2.07 bits per heavy atom. The monoisotopic (exact) mass is 205 g/mol. The molecule has 0 aromatic heterocycles. The highest BCUT2D eigenvalue weighted by molar-refractivity contribution is 5.65. The lowest BCUT2D eigenvalue weighted by Gasteiger charge is -2.30. The zero-order valence-electron chi connectivity index (χ0n) is 9.92. The number of nitrogens with one attached hydrogen (secondary N) is 1. The fraction of sp³-hybridized carbons (Fsp3) is 0.538. The van der Waals surface area contributed by atoms with Crippen molar-refractivity contribution in [1.29, 1.82) is 0 Å². The smallest absolute Gasteiger partial charge is 0.143 e. The van der Waals surface area contributed by atoms with Crippen LogP contribution in [0.2, 0.25) is 0 Å². The average Bonchev–Trinajstić information content (AvgIpc) is 2.15. The molecule has 1 heterocycles. The van der Waals surface area contributed by atoms with Crippen molar-refractivity contribution in [2.75, 3.05) is 11.9 Å². The molecule has 1 aromatic rings. The van der Waals surface area contributed by atoms with Crippen LogP contribution in [0.15, 0.2) is 18.2 Å². The second kappa shape index (κ2) is 3.44. The largest absolute Gasteiger partial charge is 0.487 e. The van der Waals surface area contributed by atoms with Gasteiger partial charge in [-0.1, -0.05) is 32.9 Å². The van der Waals surface area contributed by atoms with Gasteiger partial charge in [-0.15, -0.1) is 0 Å². The van der Waals surface area contributed by atoms with Crippen LogP contribution in [0, 0.1) is 0 Å². The summed E-state index contributed by atoms with van der Waals surface area (Å²) in [5.41, 5.74) is 2.65. The molecule has 1 unspecified atom stereocenters. The topological polar surface area (TPSA) is 21.3 Å². The molecule has 2 nitrogen and oxygen atoms in total. The summed E-state index contributed by atoms with van der Waals surface area (Å²) in [5, 5.41) is 3.46. The van der Waals surface area contributed by atoms with E-state index in [4.69, 9.17) is 4.74 Å². The van der Waals surface area contributed by atoms with E-state index in [0.717, 1.165) is 12.3 Å². The van der Waals surface area contributed by atoms with Gasteiger partial charge in [-0.3, -0.25) is 0 Å². The SMILES string of the molecule is CC1CNc2c(cccc2C(C)(C)C)O1. The first kappa shape index (κ1) is 10.3. The fourth-order valence-corrected chi connectivity index (χ4v) is 1.94. The Balaban J connectivity index is 2.47. The minimum Gasteiger partial charge on any atom is -0.487 e. The molecule has 1 aliphatic rings. The van der Waals surface area contributed by atoms with Crippen molar-refractivity contribution in [3.05, 3.63) is 23.8 Å². The Morgan fingerprint density at radius 1 is 1.33 bits per heavy atom. The highest BCUT2D eigenvalue weighted by Crippen LogP contribution is 2.38. The Morgan fingerprint density at radius 3 is 2.73 bits per heavy atom. The minimum atomic E-state index is 0.155. The van der Waals surface area contributed by atoms with Crippen LogP contribution >= 0.6 is 0 Å². The summed E-state index contributed by atoms with van der Waals surface area (Å²) >= 11 is 0. The summed E-state index contributed by atoms with van der Waals surface area (Å²) in [6.45, 7) is 9.65. The molecule has 0 bridgehead atoms. The molecular formula is C13H19NO. The van der Waals surface area contributed by atoms with E-state index in [9.17, 15) is 0 Å². The van der Waals surface area contributed by atoms with Crippen LogP contribution in [0.4, 0.5) is 5.69 Å². The number of benzene rings is 1. The van der Waals surface area contributed by atoms with Gasteiger partial charge in [0.25, 0.3) is 0 Å². The van der Waals surface area contributed by atoms with Crippen molar-refractivity contribution in [1.82, 2.24) is 0 Å². The van der Waals surface area contributed by atoms with Crippen LogP contribution in [-0.2, 0) is 5.41 Å². The molecule has 2 heteroatoms. The highest BCUT2D eigenvalue weighted by atomic mass is 16.5. The van der Waals surface area contributed by atoms with Gasteiger partial charge >= 0.3 is 0 Å². The molecule has 0 aliphatic carbocycles. The summed E-state index contributed by atoms with van der Waals surface area (Å²) in [4.78, 5) is 0. The predicted octanol–water partition coefficient (Wildman–Crippen LogP) is 3.18. The number of ether oxygens (including phenoxy) is 1. The Hall–Kier alpha value is -1.18. The van der Waals surface area contributed by atoms with Crippen LogP contribution < -0.4 is 10.1 Å². The molecular weight excluding hydrogens is 186 g/mol. The lowest BCUT2D eigenvalue weighted by molar-refractivity contribution is 0.225. The number of rotatable bonds is 0. The van der Waals surface area contributed by atoms with Gasteiger partial charge in [0.15, 0.2) is 0 Å². The van der Waals surface area contributed by atoms with Crippen LogP contribution in [-0.4, -0.2) is 12.6 Å². The van der Waals surface area contributed by atoms with Gasteiger partial charge in [-0.25, -0.2) is 0 Å². The molecule has 0 amide bonds. The molecule has 2 rings (SSSR count). The molecule has 1 N–H and O–H groups in total. The van der Waals surface area contributed by atoms with Gasteiger partial charge in [-0.05, 0) is 24.0 Å². The number of anilines is 1.